The zero-order valence-corrected chi connectivity index (χ0v) is 27.7. The quantitative estimate of drug-likeness (QED) is 0.146. The number of unbranched alkanes of at least 4 members (excludes halogenated alkanes) is 1. The summed E-state index contributed by atoms with van der Waals surface area (Å²) in [4.78, 5) is 48.1. The van der Waals surface area contributed by atoms with Crippen molar-refractivity contribution in [1.82, 2.24) is 38.7 Å². The molecule has 0 atom stereocenters. The zero-order valence-electron chi connectivity index (χ0n) is 27.7. The number of amides is 3. The van der Waals surface area contributed by atoms with E-state index in [0.29, 0.717) is 67.0 Å². The lowest BCUT2D eigenvalue weighted by molar-refractivity contribution is 0.0995. The molecule has 2 aromatic carbocycles. The second-order valence-electron chi connectivity index (χ2n) is 11.8. The number of imidazole rings is 2. The number of hydrogen-bond donors (Lipinski definition) is 3. The van der Waals surface area contributed by atoms with Crippen LogP contribution in [-0.4, -0.2) is 56.4 Å². The van der Waals surface area contributed by atoms with E-state index in [4.69, 9.17) is 10.7 Å². The predicted octanol–water partition coefficient (Wildman–Crippen LogP) is 5.46. The first kappa shape index (κ1) is 34.5. The van der Waals surface area contributed by atoms with Crippen LogP contribution in [0, 0.1) is 20.8 Å². The van der Waals surface area contributed by atoms with Crippen molar-refractivity contribution >= 4 is 51.7 Å². The maximum Gasteiger partial charge on any atom is 0.276 e. The van der Waals surface area contributed by atoms with Gasteiger partial charge in [0.1, 0.15) is 11.4 Å². The topological polar surface area (TPSA) is 173 Å². The van der Waals surface area contributed by atoms with E-state index in [2.05, 4.69) is 25.8 Å². The number of nitrogens with one attached hydrogen (secondary N) is 2. The molecule has 4 N–H and O–H groups in total. The van der Waals surface area contributed by atoms with Crippen molar-refractivity contribution in [3.8, 4) is 0 Å². The van der Waals surface area contributed by atoms with Gasteiger partial charge >= 0.3 is 0 Å². The van der Waals surface area contributed by atoms with Crippen molar-refractivity contribution in [3.05, 3.63) is 82.4 Å². The molecule has 256 valence electrons. The molecule has 0 aliphatic heterocycles. The highest BCUT2D eigenvalue weighted by molar-refractivity contribution is 6.04. The Kier molecular flexibility index (Phi) is 9.97. The number of hydrogen-bond acceptors (Lipinski definition) is 7. The van der Waals surface area contributed by atoms with Crippen molar-refractivity contribution < 1.29 is 14.4 Å². The van der Waals surface area contributed by atoms with Crippen LogP contribution in [-0.2, 0) is 26.2 Å². The Balaban J connectivity index is 0.00000468. The standard InChI is InChI=1S/C34H39N11O3.CH4/c1-6-44-27(17-21(4)40-44)31(47)38-33-37-25-19-23(30(35)46)13-14-26(25)42(33)15-8-9-16-43-29-20(3)11-10-12-24(29)36-34(43)39-32(48)28-18-22(5)41-45(28)7-2;/h10-14,17-19H,6-9,15-16H2,1-5H3,(H2,35,46)(H,36,39,48)(H,37,38,47);1H4. The minimum Gasteiger partial charge on any atom is -0.366 e. The summed E-state index contributed by atoms with van der Waals surface area (Å²) in [7, 11) is 0. The first-order valence-electron chi connectivity index (χ1n) is 16.1. The molecule has 0 bridgehead atoms. The Labute approximate surface area is 284 Å². The lowest BCUT2D eigenvalue weighted by Crippen LogP contribution is -2.20. The van der Waals surface area contributed by atoms with E-state index in [1.165, 1.54) is 0 Å². The number of carbonyl (C=O) groups is 3. The van der Waals surface area contributed by atoms with Gasteiger partial charge in [0.05, 0.1) is 33.5 Å². The molecule has 0 radical (unpaired) electrons. The number of para-hydroxylation sites is 1. The number of fused-ring (bicyclic) bond motifs is 2. The molecule has 0 unspecified atom stereocenters. The highest BCUT2D eigenvalue weighted by atomic mass is 16.2. The van der Waals surface area contributed by atoms with Crippen LogP contribution in [0.4, 0.5) is 11.9 Å². The lowest BCUT2D eigenvalue weighted by Gasteiger charge is -2.13. The van der Waals surface area contributed by atoms with E-state index in [1.54, 1.807) is 39.7 Å². The molecule has 4 aromatic heterocycles. The van der Waals surface area contributed by atoms with Crippen LogP contribution < -0.4 is 16.4 Å². The van der Waals surface area contributed by atoms with Crippen LogP contribution in [0.2, 0.25) is 0 Å². The third-order valence-corrected chi connectivity index (χ3v) is 8.33. The second-order valence-corrected chi connectivity index (χ2v) is 11.8. The third-order valence-electron chi connectivity index (χ3n) is 8.33. The fourth-order valence-electron chi connectivity index (χ4n) is 6.09. The number of aryl methyl sites for hydroxylation is 7. The minimum atomic E-state index is -0.556. The number of nitrogens with zero attached hydrogens (tertiary/aromatic N) is 8. The smallest absolute Gasteiger partial charge is 0.276 e. The first-order valence-corrected chi connectivity index (χ1v) is 16.1. The highest BCUT2D eigenvalue weighted by Gasteiger charge is 2.21. The summed E-state index contributed by atoms with van der Waals surface area (Å²) >= 11 is 0. The Morgan fingerprint density at radius 3 is 1.86 bits per heavy atom. The van der Waals surface area contributed by atoms with Gasteiger partial charge in [-0.25, -0.2) is 9.97 Å². The molecule has 14 heteroatoms. The maximum atomic E-state index is 13.4. The van der Waals surface area contributed by atoms with Gasteiger partial charge in [-0.05, 0) is 89.4 Å². The SMILES string of the molecule is C.CCn1nc(C)cc1C(=O)Nc1nc2cc(C(N)=O)ccc2n1CCCCn1c(NC(=O)c2cc(C)nn2CC)nc2cccc(C)c21. The number of anilines is 2. The maximum absolute atomic E-state index is 13.4. The molecule has 0 fully saturated rings. The van der Waals surface area contributed by atoms with Crippen LogP contribution in [0.15, 0.2) is 48.5 Å². The molecule has 0 saturated heterocycles. The third kappa shape index (κ3) is 6.80. The van der Waals surface area contributed by atoms with E-state index in [-0.39, 0.29) is 19.2 Å². The van der Waals surface area contributed by atoms with Gasteiger partial charge in [-0.1, -0.05) is 19.6 Å². The van der Waals surface area contributed by atoms with E-state index in [1.807, 2.05) is 62.0 Å². The summed E-state index contributed by atoms with van der Waals surface area (Å²) in [6.45, 7) is 11.8. The molecule has 3 amide bonds. The van der Waals surface area contributed by atoms with Gasteiger partial charge in [-0.3, -0.25) is 34.4 Å². The number of rotatable bonds is 12. The van der Waals surface area contributed by atoms with E-state index in [9.17, 15) is 14.4 Å². The van der Waals surface area contributed by atoms with E-state index < -0.39 is 5.91 Å². The molecule has 0 saturated carbocycles. The normalized spacial score (nSPS) is 11.2. The molecule has 4 heterocycles. The van der Waals surface area contributed by atoms with Gasteiger partial charge in [0.2, 0.25) is 17.8 Å². The van der Waals surface area contributed by atoms with Crippen molar-refractivity contribution in [1.29, 1.82) is 0 Å². The summed E-state index contributed by atoms with van der Waals surface area (Å²) in [5, 5.41) is 14.8. The molecule has 0 aliphatic carbocycles. The zero-order chi connectivity index (χ0) is 34.1. The molecule has 0 spiro atoms. The van der Waals surface area contributed by atoms with E-state index >= 15 is 0 Å². The average Bonchev–Trinajstić information content (AvgIpc) is 3.81. The number of carbonyl (C=O) groups excluding carboxylic acids is 3. The van der Waals surface area contributed by atoms with Gasteiger partial charge in [0.15, 0.2) is 0 Å². The first-order chi connectivity index (χ1) is 23.1. The number of nitrogens with two attached hydrogens (primary N) is 1. The molecular weight excluding hydrogens is 622 g/mol. The Bertz CT molecular complexity index is 2180. The van der Waals surface area contributed by atoms with Crippen LogP contribution in [0.1, 0.15) is 82.4 Å². The number of aromatic nitrogens is 8. The van der Waals surface area contributed by atoms with Crippen LogP contribution in [0.5, 0.6) is 0 Å². The predicted molar refractivity (Wildman–Crippen MR) is 190 cm³/mol. The van der Waals surface area contributed by atoms with E-state index in [0.717, 1.165) is 39.9 Å². The van der Waals surface area contributed by atoms with Crippen molar-refractivity contribution in [3.63, 3.8) is 0 Å². The Morgan fingerprint density at radius 1 is 0.735 bits per heavy atom. The summed E-state index contributed by atoms with van der Waals surface area (Å²) in [6, 6.07) is 14.5. The fraction of sp³-hybridized carbons (Fsp3) is 0.343. The number of primary amides is 1. The van der Waals surface area contributed by atoms with Gasteiger partial charge in [-0.2, -0.15) is 10.2 Å². The number of benzene rings is 2. The lowest BCUT2D eigenvalue weighted by atomic mass is 10.2. The molecular formula is C35H43N11O3. The van der Waals surface area contributed by atoms with Crippen molar-refractivity contribution in [2.24, 2.45) is 5.73 Å². The summed E-state index contributed by atoms with van der Waals surface area (Å²) < 4.78 is 7.31. The minimum absolute atomic E-state index is 0. The summed E-state index contributed by atoms with van der Waals surface area (Å²) in [5.74, 6) is -0.331. The van der Waals surface area contributed by atoms with Gasteiger partial charge in [0, 0.05) is 31.7 Å². The Morgan fingerprint density at radius 2 is 1.29 bits per heavy atom. The largest absolute Gasteiger partial charge is 0.366 e. The average molecular weight is 666 g/mol. The van der Waals surface area contributed by atoms with Crippen molar-refractivity contribution in [2.75, 3.05) is 10.6 Å². The second kappa shape index (κ2) is 14.1. The van der Waals surface area contributed by atoms with Crippen LogP contribution >= 0.6 is 0 Å². The van der Waals surface area contributed by atoms with Gasteiger partial charge in [-0.15, -0.1) is 0 Å². The highest BCUT2D eigenvalue weighted by Crippen LogP contribution is 2.26. The van der Waals surface area contributed by atoms with Gasteiger partial charge < -0.3 is 14.9 Å². The molecule has 6 aromatic rings. The molecule has 14 nitrogen and oxygen atoms in total. The molecule has 0 aliphatic rings. The molecule has 49 heavy (non-hydrogen) atoms. The van der Waals surface area contributed by atoms with Crippen LogP contribution in [0.3, 0.4) is 0 Å². The summed E-state index contributed by atoms with van der Waals surface area (Å²) in [5.41, 5.74) is 12.4. The molecule has 6 rings (SSSR count). The van der Waals surface area contributed by atoms with Crippen LogP contribution in [0.25, 0.3) is 22.1 Å². The summed E-state index contributed by atoms with van der Waals surface area (Å²) in [6.07, 6.45) is 1.43. The fourth-order valence-corrected chi connectivity index (χ4v) is 6.09. The van der Waals surface area contributed by atoms with Gasteiger partial charge in [0.25, 0.3) is 11.8 Å². The van der Waals surface area contributed by atoms with Crippen molar-refractivity contribution in [2.45, 2.75) is 81.1 Å². The Hall–Kier alpha value is -5.79. The monoisotopic (exact) mass is 665 g/mol.